The van der Waals surface area contributed by atoms with E-state index in [4.69, 9.17) is 4.74 Å². The Morgan fingerprint density at radius 1 is 1.25 bits per heavy atom. The van der Waals surface area contributed by atoms with Gasteiger partial charge in [0.15, 0.2) is 5.13 Å². The number of aromatic nitrogens is 1. The fourth-order valence-electron chi connectivity index (χ4n) is 3.48. The molecule has 1 aliphatic heterocycles. The van der Waals surface area contributed by atoms with Crippen molar-refractivity contribution in [3.05, 3.63) is 40.4 Å². The largest absolute Gasteiger partial charge is 0.379 e. The van der Waals surface area contributed by atoms with E-state index < -0.39 is 10.0 Å². The zero-order valence-electron chi connectivity index (χ0n) is 15.7. The minimum atomic E-state index is -3.56. The molecule has 0 spiro atoms. The Labute approximate surface area is 168 Å². The maximum absolute atomic E-state index is 12.7. The lowest BCUT2D eigenvalue weighted by molar-refractivity contribution is 0.0730. The molecular formula is C19H23N3O4S2. The second-order valence-electron chi connectivity index (χ2n) is 7.23. The summed E-state index contributed by atoms with van der Waals surface area (Å²) in [5.74, 6) is 0.368. The van der Waals surface area contributed by atoms with Crippen molar-refractivity contribution in [2.24, 2.45) is 5.92 Å². The molecule has 0 bridgehead atoms. The molecule has 1 amide bonds. The van der Waals surface area contributed by atoms with Crippen LogP contribution in [0.4, 0.5) is 5.13 Å². The third kappa shape index (κ3) is 3.98. The summed E-state index contributed by atoms with van der Waals surface area (Å²) < 4.78 is 31.9. The Morgan fingerprint density at radius 2 is 1.96 bits per heavy atom. The predicted molar refractivity (Wildman–Crippen MR) is 107 cm³/mol. The van der Waals surface area contributed by atoms with Gasteiger partial charge in [-0.25, -0.2) is 13.4 Å². The molecule has 1 unspecified atom stereocenters. The molecule has 4 rings (SSSR count). The summed E-state index contributed by atoms with van der Waals surface area (Å²) in [5.41, 5.74) is 1.49. The maximum Gasteiger partial charge on any atom is 0.257 e. The van der Waals surface area contributed by atoms with Crippen molar-refractivity contribution in [1.29, 1.82) is 0 Å². The first-order valence-corrected chi connectivity index (χ1v) is 11.7. The zero-order valence-corrected chi connectivity index (χ0v) is 17.3. The van der Waals surface area contributed by atoms with Crippen LogP contribution in [0.15, 0.2) is 29.2 Å². The van der Waals surface area contributed by atoms with Crippen LogP contribution in [-0.4, -0.2) is 49.9 Å². The molecule has 1 fully saturated rings. The quantitative estimate of drug-likeness (QED) is 0.820. The Morgan fingerprint density at radius 3 is 2.68 bits per heavy atom. The van der Waals surface area contributed by atoms with E-state index in [1.165, 1.54) is 44.8 Å². The highest BCUT2D eigenvalue weighted by atomic mass is 32.2. The van der Waals surface area contributed by atoms with Crippen LogP contribution < -0.4 is 5.32 Å². The number of nitrogens with zero attached hydrogens (tertiary/aromatic N) is 2. The van der Waals surface area contributed by atoms with Gasteiger partial charge in [-0.3, -0.25) is 10.1 Å². The van der Waals surface area contributed by atoms with Gasteiger partial charge in [0, 0.05) is 23.5 Å². The number of amides is 1. The number of hydrogen-bond acceptors (Lipinski definition) is 6. The molecule has 2 aromatic rings. The number of anilines is 1. The molecule has 2 aliphatic rings. The number of sulfonamides is 1. The zero-order chi connectivity index (χ0) is 19.7. The summed E-state index contributed by atoms with van der Waals surface area (Å²) in [6.45, 7) is 3.72. The summed E-state index contributed by atoms with van der Waals surface area (Å²) >= 11 is 1.53. The van der Waals surface area contributed by atoms with Crippen molar-refractivity contribution in [2.45, 2.75) is 31.1 Å². The number of ether oxygens (including phenoxy) is 1. The fraction of sp³-hybridized carbons (Fsp3) is 0.474. The standard InChI is InChI=1S/C19H23N3O4S2/c1-13-2-7-16-17(12-13)27-19(20-16)21-18(23)14-3-5-15(6-4-14)28(24,25)22-8-10-26-11-9-22/h3-6,13H,2,7-12H2,1H3,(H,20,21,23). The van der Waals surface area contributed by atoms with Crippen LogP contribution in [0.1, 0.15) is 34.3 Å². The number of rotatable bonds is 4. The monoisotopic (exact) mass is 421 g/mol. The summed E-state index contributed by atoms with van der Waals surface area (Å²) in [6.07, 6.45) is 3.09. The second-order valence-corrected chi connectivity index (χ2v) is 10.3. The molecule has 2 heterocycles. The van der Waals surface area contributed by atoms with Gasteiger partial charge in [-0.2, -0.15) is 4.31 Å². The number of benzene rings is 1. The lowest BCUT2D eigenvalue weighted by atomic mass is 9.93. The number of hydrogen-bond donors (Lipinski definition) is 1. The van der Waals surface area contributed by atoms with E-state index in [-0.39, 0.29) is 10.8 Å². The van der Waals surface area contributed by atoms with Gasteiger partial charge in [0.1, 0.15) is 0 Å². The van der Waals surface area contributed by atoms with Crippen molar-refractivity contribution in [1.82, 2.24) is 9.29 Å². The van der Waals surface area contributed by atoms with Gasteiger partial charge in [0.25, 0.3) is 5.91 Å². The van der Waals surface area contributed by atoms with E-state index in [1.807, 2.05) is 0 Å². The first kappa shape index (κ1) is 19.5. The van der Waals surface area contributed by atoms with Crippen LogP contribution >= 0.6 is 11.3 Å². The summed E-state index contributed by atoms with van der Waals surface area (Å²) in [6, 6.07) is 6.04. The van der Waals surface area contributed by atoms with Crippen LogP contribution in [0.25, 0.3) is 0 Å². The first-order chi connectivity index (χ1) is 13.4. The molecule has 1 atom stereocenters. The summed E-state index contributed by atoms with van der Waals surface area (Å²) in [5, 5.41) is 3.45. The van der Waals surface area contributed by atoms with Gasteiger partial charge in [0.2, 0.25) is 10.0 Å². The van der Waals surface area contributed by atoms with Crippen molar-refractivity contribution in [3.8, 4) is 0 Å². The molecule has 28 heavy (non-hydrogen) atoms. The summed E-state index contributed by atoms with van der Waals surface area (Å²) in [4.78, 5) is 18.5. The van der Waals surface area contributed by atoms with E-state index in [1.54, 1.807) is 0 Å². The van der Waals surface area contributed by atoms with Gasteiger partial charge < -0.3 is 4.74 Å². The van der Waals surface area contributed by atoms with Crippen LogP contribution in [0.5, 0.6) is 0 Å². The van der Waals surface area contributed by atoms with Crippen LogP contribution in [0.2, 0.25) is 0 Å². The molecule has 1 N–H and O–H groups in total. The molecule has 9 heteroatoms. The second kappa shape index (κ2) is 7.90. The van der Waals surface area contributed by atoms with Gasteiger partial charge >= 0.3 is 0 Å². The number of thiazole rings is 1. The van der Waals surface area contributed by atoms with Crippen molar-refractivity contribution in [3.63, 3.8) is 0 Å². The molecule has 1 aliphatic carbocycles. The molecule has 7 nitrogen and oxygen atoms in total. The Kier molecular flexibility index (Phi) is 5.50. The SMILES string of the molecule is CC1CCc2nc(NC(=O)c3ccc(S(=O)(=O)N4CCOCC4)cc3)sc2C1. The molecular weight excluding hydrogens is 398 g/mol. The smallest absolute Gasteiger partial charge is 0.257 e. The first-order valence-electron chi connectivity index (χ1n) is 9.41. The van der Waals surface area contributed by atoms with Crippen LogP contribution in [0.3, 0.4) is 0 Å². The molecule has 0 radical (unpaired) electrons. The highest BCUT2D eigenvalue weighted by Crippen LogP contribution is 2.32. The van der Waals surface area contributed by atoms with Crippen molar-refractivity contribution < 1.29 is 17.9 Å². The number of carbonyl (C=O) groups is 1. The third-order valence-corrected chi connectivity index (χ3v) is 8.08. The number of aryl methyl sites for hydroxylation is 1. The van der Waals surface area contributed by atoms with E-state index in [0.29, 0.717) is 42.9 Å². The van der Waals surface area contributed by atoms with Crippen molar-refractivity contribution in [2.75, 3.05) is 31.6 Å². The highest BCUT2D eigenvalue weighted by Gasteiger charge is 2.26. The number of carbonyl (C=O) groups excluding carboxylic acids is 1. The van der Waals surface area contributed by atoms with Gasteiger partial charge in [0.05, 0.1) is 23.8 Å². The minimum Gasteiger partial charge on any atom is -0.379 e. The Hall–Kier alpha value is -1.81. The molecule has 1 aromatic heterocycles. The van der Waals surface area contributed by atoms with Crippen LogP contribution in [0, 0.1) is 5.92 Å². The van der Waals surface area contributed by atoms with E-state index in [9.17, 15) is 13.2 Å². The van der Waals surface area contributed by atoms with Crippen molar-refractivity contribution >= 4 is 32.4 Å². The van der Waals surface area contributed by atoms with Gasteiger partial charge in [-0.1, -0.05) is 6.92 Å². The Balaban J connectivity index is 1.46. The maximum atomic E-state index is 12.7. The number of fused-ring (bicyclic) bond motifs is 1. The number of nitrogens with one attached hydrogen (secondary N) is 1. The average molecular weight is 422 g/mol. The number of morpholine rings is 1. The fourth-order valence-corrected chi connectivity index (χ4v) is 6.05. The normalized spacial score (nSPS) is 20.5. The lowest BCUT2D eigenvalue weighted by Gasteiger charge is -2.26. The molecule has 1 saturated heterocycles. The Bertz CT molecular complexity index is 964. The highest BCUT2D eigenvalue weighted by molar-refractivity contribution is 7.89. The molecule has 1 aromatic carbocycles. The molecule has 0 saturated carbocycles. The topological polar surface area (TPSA) is 88.6 Å². The third-order valence-electron chi connectivity index (χ3n) is 5.13. The van der Waals surface area contributed by atoms with E-state index in [0.717, 1.165) is 25.0 Å². The lowest BCUT2D eigenvalue weighted by Crippen LogP contribution is -2.40. The predicted octanol–water partition coefficient (Wildman–Crippen LogP) is 2.54. The van der Waals surface area contributed by atoms with Crippen LogP contribution in [-0.2, 0) is 27.6 Å². The molecule has 150 valence electrons. The van der Waals surface area contributed by atoms with Gasteiger partial charge in [-0.15, -0.1) is 11.3 Å². The van der Waals surface area contributed by atoms with Gasteiger partial charge in [-0.05, 0) is 49.4 Å². The average Bonchev–Trinajstić information content (AvgIpc) is 3.10. The minimum absolute atomic E-state index is 0.185. The summed E-state index contributed by atoms with van der Waals surface area (Å²) in [7, 11) is -3.56. The van der Waals surface area contributed by atoms with E-state index >= 15 is 0 Å². The van der Waals surface area contributed by atoms with E-state index in [2.05, 4.69) is 17.2 Å².